The number of fused-ring (bicyclic) bond motifs is 1. The first-order valence-electron chi connectivity index (χ1n) is 6.03. The van der Waals surface area contributed by atoms with E-state index in [0.29, 0.717) is 22.4 Å². The zero-order valence-corrected chi connectivity index (χ0v) is 12.2. The zero-order valence-electron chi connectivity index (χ0n) is 10.6. The molecule has 0 radical (unpaired) electrons. The van der Waals surface area contributed by atoms with Gasteiger partial charge in [-0.05, 0) is 30.3 Å². The second kappa shape index (κ2) is 5.54. The van der Waals surface area contributed by atoms with E-state index >= 15 is 0 Å². The van der Waals surface area contributed by atoms with Gasteiger partial charge in [0, 0.05) is 16.8 Å². The van der Waals surface area contributed by atoms with Gasteiger partial charge < -0.3 is 9.26 Å². The normalized spacial score (nSPS) is 10.5. The van der Waals surface area contributed by atoms with Gasteiger partial charge >= 0.3 is 0 Å². The molecular weight excluding hydrogens is 339 g/mol. The van der Waals surface area contributed by atoms with Crippen LogP contribution in [-0.2, 0) is 5.33 Å². The van der Waals surface area contributed by atoms with Gasteiger partial charge in [0.25, 0.3) is 0 Å². The Kier molecular flexibility index (Phi) is 3.59. The van der Waals surface area contributed by atoms with Crippen LogP contribution < -0.4 is 4.74 Å². The zero-order chi connectivity index (χ0) is 14.8. The van der Waals surface area contributed by atoms with Crippen LogP contribution in [0.2, 0.25) is 0 Å². The van der Waals surface area contributed by atoms with Crippen molar-refractivity contribution in [2.24, 2.45) is 0 Å². The molecule has 6 heteroatoms. The highest BCUT2D eigenvalue weighted by molar-refractivity contribution is 9.08. The van der Waals surface area contributed by atoms with Crippen LogP contribution in [0.3, 0.4) is 0 Å². The lowest BCUT2D eigenvalue weighted by Gasteiger charge is -2.07. The molecule has 0 aliphatic rings. The van der Waals surface area contributed by atoms with Crippen LogP contribution in [0.4, 0.5) is 4.39 Å². The van der Waals surface area contributed by atoms with E-state index in [4.69, 9.17) is 14.5 Å². The minimum atomic E-state index is -0.480. The molecule has 4 nitrogen and oxygen atoms in total. The summed E-state index contributed by atoms with van der Waals surface area (Å²) in [6, 6.07) is 10.9. The summed E-state index contributed by atoms with van der Waals surface area (Å²) in [6.07, 6.45) is 0. The van der Waals surface area contributed by atoms with Crippen molar-refractivity contribution in [1.29, 1.82) is 5.26 Å². The van der Waals surface area contributed by atoms with Gasteiger partial charge in [0.05, 0.1) is 5.56 Å². The Labute approximate surface area is 127 Å². The number of hydrogen-bond acceptors (Lipinski definition) is 4. The van der Waals surface area contributed by atoms with Gasteiger partial charge in [-0.2, -0.15) is 5.26 Å². The summed E-state index contributed by atoms with van der Waals surface area (Å²) in [5, 5.41) is 14.4. The molecule has 1 aromatic heterocycles. The van der Waals surface area contributed by atoms with Crippen molar-refractivity contribution >= 4 is 26.9 Å². The fraction of sp³-hybridized carbons (Fsp3) is 0.0667. The third kappa shape index (κ3) is 2.60. The van der Waals surface area contributed by atoms with E-state index in [1.165, 1.54) is 12.1 Å². The predicted molar refractivity (Wildman–Crippen MR) is 77.8 cm³/mol. The molecule has 2 aromatic carbocycles. The molecule has 0 unspecified atom stereocenters. The topological polar surface area (TPSA) is 59.0 Å². The van der Waals surface area contributed by atoms with Crippen molar-refractivity contribution in [1.82, 2.24) is 5.16 Å². The van der Waals surface area contributed by atoms with Crippen LogP contribution in [-0.4, -0.2) is 5.16 Å². The SMILES string of the molecule is N#Cc1cc(F)ccc1Oc1ccc2c(CBr)noc2c1. The van der Waals surface area contributed by atoms with Gasteiger partial charge in [-0.1, -0.05) is 21.1 Å². The van der Waals surface area contributed by atoms with E-state index in [1.807, 2.05) is 12.1 Å². The van der Waals surface area contributed by atoms with Gasteiger partial charge in [0.15, 0.2) is 5.58 Å². The molecule has 21 heavy (non-hydrogen) atoms. The molecule has 0 bridgehead atoms. The van der Waals surface area contributed by atoms with Gasteiger partial charge in [-0.15, -0.1) is 0 Å². The average molecular weight is 347 g/mol. The van der Waals surface area contributed by atoms with Crippen molar-refractivity contribution in [2.45, 2.75) is 5.33 Å². The number of nitriles is 1. The summed E-state index contributed by atoms with van der Waals surface area (Å²) in [6.45, 7) is 0. The second-order valence-corrected chi connectivity index (χ2v) is 4.84. The van der Waals surface area contributed by atoms with Crippen molar-refractivity contribution < 1.29 is 13.7 Å². The first kappa shape index (κ1) is 13.6. The summed E-state index contributed by atoms with van der Waals surface area (Å²) in [4.78, 5) is 0. The highest BCUT2D eigenvalue weighted by Gasteiger charge is 2.10. The first-order valence-corrected chi connectivity index (χ1v) is 7.15. The quantitative estimate of drug-likeness (QED) is 0.654. The Morgan fingerprint density at radius 3 is 2.90 bits per heavy atom. The molecular formula is C15H8BrFN2O2. The number of benzene rings is 2. The van der Waals surface area contributed by atoms with Crippen LogP contribution in [0, 0.1) is 17.1 Å². The number of alkyl halides is 1. The third-order valence-corrected chi connectivity index (χ3v) is 3.47. The lowest BCUT2D eigenvalue weighted by Crippen LogP contribution is -1.89. The third-order valence-electron chi connectivity index (χ3n) is 2.93. The fourth-order valence-corrected chi connectivity index (χ4v) is 2.34. The first-order chi connectivity index (χ1) is 10.2. The number of hydrogen-bond donors (Lipinski definition) is 0. The minimum absolute atomic E-state index is 0.133. The Bertz CT molecular complexity index is 854. The maximum Gasteiger partial charge on any atom is 0.170 e. The molecule has 0 N–H and O–H groups in total. The minimum Gasteiger partial charge on any atom is -0.456 e. The molecule has 104 valence electrons. The van der Waals surface area contributed by atoms with E-state index in [2.05, 4.69) is 21.1 Å². The summed E-state index contributed by atoms with van der Waals surface area (Å²) < 4.78 is 23.9. The molecule has 3 rings (SSSR count). The summed E-state index contributed by atoms with van der Waals surface area (Å²) in [5.41, 5.74) is 1.52. The lowest BCUT2D eigenvalue weighted by atomic mass is 10.2. The summed E-state index contributed by atoms with van der Waals surface area (Å²) in [5.74, 6) is 0.299. The van der Waals surface area contributed by atoms with Crippen LogP contribution in [0.5, 0.6) is 11.5 Å². The van der Waals surface area contributed by atoms with E-state index in [1.54, 1.807) is 12.1 Å². The summed E-state index contributed by atoms with van der Waals surface area (Å²) in [7, 11) is 0. The number of nitrogens with zero attached hydrogens (tertiary/aromatic N) is 2. The monoisotopic (exact) mass is 346 g/mol. The van der Waals surface area contributed by atoms with Crippen LogP contribution in [0.15, 0.2) is 40.9 Å². The van der Waals surface area contributed by atoms with Gasteiger partial charge in [-0.3, -0.25) is 0 Å². The van der Waals surface area contributed by atoms with Crippen LogP contribution in [0.1, 0.15) is 11.3 Å². The Balaban J connectivity index is 1.97. The highest BCUT2D eigenvalue weighted by Crippen LogP contribution is 2.30. The molecule has 0 atom stereocenters. The lowest BCUT2D eigenvalue weighted by molar-refractivity contribution is 0.445. The van der Waals surface area contributed by atoms with E-state index in [-0.39, 0.29) is 5.56 Å². The molecule has 0 amide bonds. The van der Waals surface area contributed by atoms with Crippen molar-refractivity contribution in [3.8, 4) is 17.6 Å². The molecule has 0 aliphatic carbocycles. The maximum atomic E-state index is 13.1. The number of rotatable bonds is 3. The number of aromatic nitrogens is 1. The van der Waals surface area contributed by atoms with E-state index in [9.17, 15) is 4.39 Å². The van der Waals surface area contributed by atoms with Gasteiger partial charge in [0.1, 0.15) is 29.1 Å². The smallest absolute Gasteiger partial charge is 0.170 e. The Morgan fingerprint density at radius 1 is 1.29 bits per heavy atom. The standard InChI is InChI=1S/C15H8BrFN2O2/c16-7-13-12-3-2-11(6-15(12)21-19-13)20-14-4-1-10(17)5-9(14)8-18/h1-6H,7H2. The number of halogens is 2. The van der Waals surface area contributed by atoms with E-state index < -0.39 is 5.82 Å². The van der Waals surface area contributed by atoms with E-state index in [0.717, 1.165) is 17.1 Å². The van der Waals surface area contributed by atoms with Crippen molar-refractivity contribution in [2.75, 3.05) is 0 Å². The van der Waals surface area contributed by atoms with Crippen molar-refractivity contribution in [3.05, 3.63) is 53.5 Å². The summed E-state index contributed by atoms with van der Waals surface area (Å²) >= 11 is 3.33. The molecule has 0 aliphatic heterocycles. The van der Waals surface area contributed by atoms with Gasteiger partial charge in [0.2, 0.25) is 0 Å². The molecule has 0 saturated carbocycles. The second-order valence-electron chi connectivity index (χ2n) is 4.28. The fourth-order valence-electron chi connectivity index (χ4n) is 1.94. The Morgan fingerprint density at radius 2 is 2.14 bits per heavy atom. The molecule has 3 aromatic rings. The van der Waals surface area contributed by atoms with Crippen LogP contribution in [0.25, 0.3) is 11.0 Å². The average Bonchev–Trinajstić information content (AvgIpc) is 2.91. The predicted octanol–water partition coefficient (Wildman–Crippen LogP) is 4.53. The van der Waals surface area contributed by atoms with Gasteiger partial charge in [-0.25, -0.2) is 4.39 Å². The highest BCUT2D eigenvalue weighted by atomic mass is 79.9. The maximum absolute atomic E-state index is 13.1. The molecule has 0 spiro atoms. The molecule has 0 saturated heterocycles. The number of ether oxygens (including phenoxy) is 1. The Hall–Kier alpha value is -2.39. The largest absolute Gasteiger partial charge is 0.456 e. The van der Waals surface area contributed by atoms with Crippen molar-refractivity contribution in [3.63, 3.8) is 0 Å². The molecule has 1 heterocycles. The van der Waals surface area contributed by atoms with Crippen LogP contribution >= 0.6 is 15.9 Å². The molecule has 0 fully saturated rings.